The Morgan fingerprint density at radius 1 is 1.11 bits per heavy atom. The van der Waals surface area contributed by atoms with E-state index in [0.29, 0.717) is 0 Å². The molecular formula is C15H23NO2. The lowest BCUT2D eigenvalue weighted by molar-refractivity contribution is 0.157. The van der Waals surface area contributed by atoms with Crippen molar-refractivity contribution in [2.24, 2.45) is 5.73 Å². The molecule has 100 valence electrons. The van der Waals surface area contributed by atoms with Crippen LogP contribution in [0.3, 0.4) is 0 Å². The summed E-state index contributed by atoms with van der Waals surface area (Å²) in [5.41, 5.74) is 7.35. The third-order valence-corrected chi connectivity index (χ3v) is 3.60. The van der Waals surface area contributed by atoms with Gasteiger partial charge in [-0.1, -0.05) is 18.9 Å². The molecule has 1 aromatic rings. The molecule has 1 fully saturated rings. The van der Waals surface area contributed by atoms with Gasteiger partial charge >= 0.3 is 0 Å². The Bertz CT molecular complexity index is 392. The molecule has 2 atom stereocenters. The van der Waals surface area contributed by atoms with Gasteiger partial charge in [-0.25, -0.2) is 0 Å². The van der Waals surface area contributed by atoms with Gasteiger partial charge in [-0.05, 0) is 43.9 Å². The van der Waals surface area contributed by atoms with Gasteiger partial charge in [0.05, 0.1) is 7.11 Å². The van der Waals surface area contributed by atoms with Crippen LogP contribution in [0.15, 0.2) is 18.2 Å². The molecule has 0 saturated heterocycles. The zero-order valence-corrected chi connectivity index (χ0v) is 11.3. The second kappa shape index (κ2) is 6.10. The summed E-state index contributed by atoms with van der Waals surface area (Å²) >= 11 is 0. The highest BCUT2D eigenvalue weighted by Gasteiger charge is 2.23. The fraction of sp³-hybridized carbons (Fsp3) is 0.600. The van der Waals surface area contributed by atoms with Crippen LogP contribution in [-0.4, -0.2) is 19.3 Å². The van der Waals surface area contributed by atoms with Crippen LogP contribution in [0.1, 0.15) is 37.7 Å². The van der Waals surface area contributed by atoms with Gasteiger partial charge in [-0.3, -0.25) is 0 Å². The average molecular weight is 249 g/mol. The van der Waals surface area contributed by atoms with E-state index in [1.54, 1.807) is 7.11 Å². The zero-order chi connectivity index (χ0) is 13.0. The quantitative estimate of drug-likeness (QED) is 0.837. The van der Waals surface area contributed by atoms with Gasteiger partial charge in [0, 0.05) is 6.04 Å². The van der Waals surface area contributed by atoms with Gasteiger partial charge in [0.1, 0.15) is 6.10 Å². The fourth-order valence-electron chi connectivity index (χ4n) is 2.48. The highest BCUT2D eigenvalue weighted by atomic mass is 16.5. The molecule has 1 aliphatic rings. The van der Waals surface area contributed by atoms with Gasteiger partial charge in [-0.15, -0.1) is 0 Å². The number of hydrogen-bond acceptors (Lipinski definition) is 3. The van der Waals surface area contributed by atoms with Crippen molar-refractivity contribution in [3.8, 4) is 11.5 Å². The molecule has 0 aromatic heterocycles. The number of nitrogens with two attached hydrogens (primary N) is 1. The summed E-state index contributed by atoms with van der Waals surface area (Å²) in [7, 11) is 1.68. The molecule has 0 radical (unpaired) electrons. The third kappa shape index (κ3) is 3.16. The van der Waals surface area contributed by atoms with Crippen molar-refractivity contribution in [2.45, 2.75) is 51.2 Å². The first-order valence-corrected chi connectivity index (χ1v) is 6.77. The maximum absolute atomic E-state index is 6.18. The molecule has 2 unspecified atom stereocenters. The van der Waals surface area contributed by atoms with Crippen LogP contribution in [0.25, 0.3) is 0 Å². The van der Waals surface area contributed by atoms with Crippen LogP contribution < -0.4 is 15.2 Å². The van der Waals surface area contributed by atoms with Crippen LogP contribution in [0.5, 0.6) is 11.5 Å². The minimum absolute atomic E-state index is 0.115. The van der Waals surface area contributed by atoms with Crippen molar-refractivity contribution < 1.29 is 9.47 Å². The topological polar surface area (TPSA) is 44.5 Å². The van der Waals surface area contributed by atoms with Crippen molar-refractivity contribution in [2.75, 3.05) is 7.11 Å². The number of methoxy groups -OCH3 is 1. The van der Waals surface area contributed by atoms with Crippen LogP contribution in [0.4, 0.5) is 0 Å². The van der Waals surface area contributed by atoms with Crippen molar-refractivity contribution in [3.05, 3.63) is 23.8 Å². The fourth-order valence-corrected chi connectivity index (χ4v) is 2.48. The predicted molar refractivity (Wildman–Crippen MR) is 73.2 cm³/mol. The SMILES string of the molecule is COc1cc(C)ccc1OC1CCCCCC1N. The molecule has 1 aliphatic carbocycles. The first-order chi connectivity index (χ1) is 8.70. The third-order valence-electron chi connectivity index (χ3n) is 3.60. The van der Waals surface area contributed by atoms with Crippen molar-refractivity contribution in [3.63, 3.8) is 0 Å². The first kappa shape index (κ1) is 13.2. The lowest BCUT2D eigenvalue weighted by Crippen LogP contribution is -2.37. The number of benzene rings is 1. The number of rotatable bonds is 3. The number of hydrogen-bond donors (Lipinski definition) is 1. The Hall–Kier alpha value is -1.22. The summed E-state index contributed by atoms with van der Waals surface area (Å²) in [6.07, 6.45) is 5.89. The van der Waals surface area contributed by atoms with E-state index >= 15 is 0 Å². The molecule has 1 aromatic carbocycles. The largest absolute Gasteiger partial charge is 0.493 e. The zero-order valence-electron chi connectivity index (χ0n) is 11.3. The Kier molecular flexibility index (Phi) is 4.48. The molecule has 18 heavy (non-hydrogen) atoms. The van der Waals surface area contributed by atoms with Crippen LogP contribution in [0.2, 0.25) is 0 Å². The number of aryl methyl sites for hydroxylation is 1. The van der Waals surface area contributed by atoms with Crippen molar-refractivity contribution in [1.29, 1.82) is 0 Å². The summed E-state index contributed by atoms with van der Waals surface area (Å²) in [5, 5.41) is 0. The highest BCUT2D eigenvalue weighted by molar-refractivity contribution is 5.42. The lowest BCUT2D eigenvalue weighted by Gasteiger charge is -2.24. The van der Waals surface area contributed by atoms with Crippen molar-refractivity contribution >= 4 is 0 Å². The Labute approximate surface area is 109 Å². The molecule has 0 bridgehead atoms. The summed E-state index contributed by atoms with van der Waals surface area (Å²) in [6, 6.07) is 6.15. The molecule has 1 saturated carbocycles. The van der Waals surface area contributed by atoms with E-state index in [2.05, 4.69) is 0 Å². The van der Waals surface area contributed by atoms with E-state index in [1.807, 2.05) is 25.1 Å². The van der Waals surface area contributed by atoms with Crippen LogP contribution in [-0.2, 0) is 0 Å². The summed E-state index contributed by atoms with van der Waals surface area (Å²) in [6.45, 7) is 2.05. The minimum Gasteiger partial charge on any atom is -0.493 e. The van der Waals surface area contributed by atoms with E-state index in [0.717, 1.165) is 24.3 Å². The minimum atomic E-state index is 0.115. The maximum atomic E-state index is 6.18. The van der Waals surface area contributed by atoms with Gasteiger partial charge in [-0.2, -0.15) is 0 Å². The van der Waals surface area contributed by atoms with Gasteiger partial charge in [0.25, 0.3) is 0 Å². The summed E-state index contributed by atoms with van der Waals surface area (Å²) in [4.78, 5) is 0. The maximum Gasteiger partial charge on any atom is 0.161 e. The molecule has 2 rings (SSSR count). The highest BCUT2D eigenvalue weighted by Crippen LogP contribution is 2.31. The standard InChI is InChI=1S/C15H23NO2/c1-11-8-9-14(15(10-11)17-2)18-13-7-5-3-4-6-12(13)16/h8-10,12-13H,3-7,16H2,1-2H3. The molecule has 0 amide bonds. The average Bonchev–Trinajstić information content (AvgIpc) is 2.57. The van der Waals surface area contributed by atoms with Crippen molar-refractivity contribution in [1.82, 2.24) is 0 Å². The van der Waals surface area contributed by atoms with Gasteiger partial charge in [0.15, 0.2) is 11.5 Å². The normalized spacial score (nSPS) is 24.4. The monoisotopic (exact) mass is 249 g/mol. The molecule has 2 N–H and O–H groups in total. The van der Waals surface area contributed by atoms with E-state index in [-0.39, 0.29) is 12.1 Å². The molecule has 0 aliphatic heterocycles. The number of ether oxygens (including phenoxy) is 2. The molecule has 0 spiro atoms. The Balaban J connectivity index is 2.12. The second-order valence-electron chi connectivity index (χ2n) is 5.11. The van der Waals surface area contributed by atoms with E-state index in [1.165, 1.54) is 24.8 Å². The van der Waals surface area contributed by atoms with Crippen LogP contribution >= 0.6 is 0 Å². The Morgan fingerprint density at radius 3 is 2.67 bits per heavy atom. The predicted octanol–water partition coefficient (Wildman–Crippen LogP) is 3.04. The lowest BCUT2D eigenvalue weighted by atomic mass is 10.1. The van der Waals surface area contributed by atoms with Gasteiger partial charge in [0.2, 0.25) is 0 Å². The van der Waals surface area contributed by atoms with Crippen LogP contribution in [0, 0.1) is 6.92 Å². The molecular weight excluding hydrogens is 226 g/mol. The first-order valence-electron chi connectivity index (χ1n) is 6.77. The molecule has 3 nitrogen and oxygen atoms in total. The Morgan fingerprint density at radius 2 is 1.89 bits per heavy atom. The smallest absolute Gasteiger partial charge is 0.161 e. The second-order valence-corrected chi connectivity index (χ2v) is 5.11. The summed E-state index contributed by atoms with van der Waals surface area (Å²) in [5.74, 6) is 1.61. The van der Waals surface area contributed by atoms with Gasteiger partial charge < -0.3 is 15.2 Å². The molecule has 3 heteroatoms. The summed E-state index contributed by atoms with van der Waals surface area (Å²) < 4.78 is 11.4. The van der Waals surface area contributed by atoms with E-state index in [9.17, 15) is 0 Å². The van der Waals surface area contributed by atoms with E-state index in [4.69, 9.17) is 15.2 Å². The van der Waals surface area contributed by atoms with E-state index < -0.39 is 0 Å². The molecule has 0 heterocycles.